The molecule has 0 aliphatic heterocycles. The second-order valence-electron chi connectivity index (χ2n) is 7.36. The molecule has 0 bridgehead atoms. The predicted molar refractivity (Wildman–Crippen MR) is 127 cm³/mol. The van der Waals surface area contributed by atoms with Crippen LogP contribution in [0.25, 0.3) is 10.2 Å². The van der Waals surface area contributed by atoms with E-state index in [1.165, 1.54) is 10.9 Å². The highest BCUT2D eigenvalue weighted by Crippen LogP contribution is 2.27. The standard InChI is InChI=1S/C25H22N2O6S/c1-17-21-23(34-22(17)25(30)32-13-12-31-19-10-6-3-7-11-19)26-16-27(24(21)29)14-20(28)33-15-18-8-4-2-5-9-18/h2-11,16H,12-15H2,1H3. The summed E-state index contributed by atoms with van der Waals surface area (Å²) >= 11 is 1.08. The summed E-state index contributed by atoms with van der Waals surface area (Å²) in [6, 6.07) is 18.5. The summed E-state index contributed by atoms with van der Waals surface area (Å²) in [5.41, 5.74) is 0.906. The summed E-state index contributed by atoms with van der Waals surface area (Å²) in [6.07, 6.45) is 1.28. The van der Waals surface area contributed by atoms with E-state index in [9.17, 15) is 14.4 Å². The van der Waals surface area contributed by atoms with Crippen LogP contribution in [0.1, 0.15) is 20.8 Å². The molecule has 0 aliphatic carbocycles. The summed E-state index contributed by atoms with van der Waals surface area (Å²) in [5, 5.41) is 0.288. The number of aryl methyl sites for hydroxylation is 1. The first kappa shape index (κ1) is 23.2. The van der Waals surface area contributed by atoms with Crippen LogP contribution < -0.4 is 10.3 Å². The zero-order valence-corrected chi connectivity index (χ0v) is 19.2. The van der Waals surface area contributed by atoms with E-state index in [0.717, 1.165) is 16.9 Å². The monoisotopic (exact) mass is 478 g/mol. The lowest BCUT2D eigenvalue weighted by molar-refractivity contribution is -0.145. The Morgan fingerprint density at radius 2 is 1.68 bits per heavy atom. The van der Waals surface area contributed by atoms with E-state index in [1.54, 1.807) is 6.92 Å². The Labute approximate surface area is 199 Å². The second-order valence-corrected chi connectivity index (χ2v) is 8.36. The highest BCUT2D eigenvalue weighted by Gasteiger charge is 2.21. The fourth-order valence-corrected chi connectivity index (χ4v) is 4.30. The number of esters is 2. The van der Waals surface area contributed by atoms with E-state index < -0.39 is 17.5 Å². The molecule has 0 radical (unpaired) electrons. The summed E-state index contributed by atoms with van der Waals surface area (Å²) in [6.45, 7) is 1.77. The molecule has 174 valence electrons. The number of aromatic nitrogens is 2. The quantitative estimate of drug-likeness (QED) is 0.267. The van der Waals surface area contributed by atoms with Gasteiger partial charge in [-0.2, -0.15) is 0 Å². The molecule has 0 N–H and O–H groups in total. The number of nitrogens with zero attached hydrogens (tertiary/aromatic N) is 2. The molecule has 0 unspecified atom stereocenters. The van der Waals surface area contributed by atoms with Crippen LogP contribution in [0.5, 0.6) is 5.75 Å². The average molecular weight is 479 g/mol. The Morgan fingerprint density at radius 3 is 2.41 bits per heavy atom. The van der Waals surface area contributed by atoms with E-state index >= 15 is 0 Å². The van der Waals surface area contributed by atoms with Gasteiger partial charge in [0.15, 0.2) is 0 Å². The highest BCUT2D eigenvalue weighted by molar-refractivity contribution is 7.20. The Kier molecular flexibility index (Phi) is 7.34. The largest absolute Gasteiger partial charge is 0.490 e. The summed E-state index contributed by atoms with van der Waals surface area (Å²) in [7, 11) is 0. The van der Waals surface area contributed by atoms with Gasteiger partial charge >= 0.3 is 11.9 Å². The number of rotatable bonds is 9. The van der Waals surface area contributed by atoms with Crippen molar-refractivity contribution in [3.8, 4) is 5.75 Å². The van der Waals surface area contributed by atoms with Crippen molar-refractivity contribution >= 4 is 33.5 Å². The molecule has 4 rings (SSSR count). The Hall–Kier alpha value is -3.98. The minimum absolute atomic E-state index is 0.0618. The van der Waals surface area contributed by atoms with Crippen LogP contribution in [0.4, 0.5) is 0 Å². The molecule has 0 saturated heterocycles. The number of thiophene rings is 1. The van der Waals surface area contributed by atoms with Gasteiger partial charge in [0.2, 0.25) is 0 Å². The lowest BCUT2D eigenvalue weighted by Gasteiger charge is -2.07. The minimum Gasteiger partial charge on any atom is -0.490 e. The molecule has 0 saturated carbocycles. The molecule has 0 fully saturated rings. The fourth-order valence-electron chi connectivity index (χ4n) is 3.27. The summed E-state index contributed by atoms with van der Waals surface area (Å²) < 4.78 is 17.3. The molecule has 2 aromatic carbocycles. The third kappa shape index (κ3) is 5.49. The zero-order valence-electron chi connectivity index (χ0n) is 18.4. The van der Waals surface area contributed by atoms with Crippen LogP contribution in [-0.4, -0.2) is 34.7 Å². The van der Waals surface area contributed by atoms with Crippen molar-refractivity contribution in [1.29, 1.82) is 0 Å². The lowest BCUT2D eigenvalue weighted by atomic mass is 10.2. The summed E-state index contributed by atoms with van der Waals surface area (Å²) in [5.74, 6) is -0.424. The van der Waals surface area contributed by atoms with Crippen LogP contribution >= 0.6 is 11.3 Å². The molecule has 0 spiro atoms. The van der Waals surface area contributed by atoms with Crippen molar-refractivity contribution in [3.63, 3.8) is 0 Å². The zero-order chi connectivity index (χ0) is 23.9. The van der Waals surface area contributed by atoms with Gasteiger partial charge in [-0.25, -0.2) is 9.78 Å². The molecule has 9 heteroatoms. The molecule has 8 nitrogen and oxygen atoms in total. The molecular weight excluding hydrogens is 456 g/mol. The fraction of sp³-hybridized carbons (Fsp3) is 0.200. The van der Waals surface area contributed by atoms with Crippen molar-refractivity contribution in [2.75, 3.05) is 13.2 Å². The smallest absolute Gasteiger partial charge is 0.348 e. The highest BCUT2D eigenvalue weighted by atomic mass is 32.1. The lowest BCUT2D eigenvalue weighted by Crippen LogP contribution is -2.25. The van der Waals surface area contributed by atoms with Crippen molar-refractivity contribution in [2.24, 2.45) is 0 Å². The minimum atomic E-state index is -0.557. The maximum Gasteiger partial charge on any atom is 0.348 e. The van der Waals surface area contributed by atoms with Gasteiger partial charge in [-0.1, -0.05) is 48.5 Å². The molecule has 0 aliphatic rings. The van der Waals surface area contributed by atoms with Crippen LogP contribution in [-0.2, 0) is 27.4 Å². The van der Waals surface area contributed by atoms with Gasteiger partial charge in [0, 0.05) is 0 Å². The Bertz CT molecular complexity index is 1350. The average Bonchev–Trinajstić information content (AvgIpc) is 3.20. The molecule has 0 atom stereocenters. The Balaban J connectivity index is 1.39. The molecular formula is C25H22N2O6S. The van der Waals surface area contributed by atoms with Crippen molar-refractivity contribution in [1.82, 2.24) is 9.55 Å². The number of carbonyl (C=O) groups is 2. The first-order chi connectivity index (χ1) is 16.5. The first-order valence-electron chi connectivity index (χ1n) is 10.6. The maximum absolute atomic E-state index is 13.0. The van der Waals surface area contributed by atoms with Crippen LogP contribution in [0, 0.1) is 6.92 Å². The van der Waals surface area contributed by atoms with Gasteiger partial charge in [-0.15, -0.1) is 11.3 Å². The number of hydrogen-bond donors (Lipinski definition) is 0. The SMILES string of the molecule is Cc1c(C(=O)OCCOc2ccccc2)sc2ncn(CC(=O)OCc3ccccc3)c(=O)c12. The van der Waals surface area contributed by atoms with Crippen molar-refractivity contribution in [2.45, 2.75) is 20.1 Å². The van der Waals surface area contributed by atoms with Crippen molar-refractivity contribution in [3.05, 3.63) is 93.3 Å². The van der Waals surface area contributed by atoms with Gasteiger partial charge in [-0.05, 0) is 30.2 Å². The Morgan fingerprint density at radius 1 is 0.971 bits per heavy atom. The molecule has 0 amide bonds. The topological polar surface area (TPSA) is 96.7 Å². The van der Waals surface area contributed by atoms with Crippen LogP contribution in [0.2, 0.25) is 0 Å². The molecule has 34 heavy (non-hydrogen) atoms. The van der Waals surface area contributed by atoms with E-state index in [2.05, 4.69) is 4.98 Å². The predicted octanol–water partition coefficient (Wildman–Crippen LogP) is 3.75. The van der Waals surface area contributed by atoms with Gasteiger partial charge in [0.05, 0.1) is 11.7 Å². The van der Waals surface area contributed by atoms with Crippen LogP contribution in [0.15, 0.2) is 71.8 Å². The van der Waals surface area contributed by atoms with E-state index in [0.29, 0.717) is 21.0 Å². The van der Waals surface area contributed by atoms with Gasteiger partial charge in [-0.3, -0.25) is 14.2 Å². The van der Waals surface area contributed by atoms with Crippen LogP contribution in [0.3, 0.4) is 0 Å². The third-order valence-electron chi connectivity index (χ3n) is 4.97. The van der Waals surface area contributed by atoms with E-state index in [1.807, 2.05) is 60.7 Å². The number of benzene rings is 2. The normalized spacial score (nSPS) is 10.7. The van der Waals surface area contributed by atoms with Gasteiger partial charge in [0.1, 0.15) is 41.8 Å². The molecule has 2 aromatic heterocycles. The first-order valence-corrected chi connectivity index (χ1v) is 11.4. The number of para-hydroxylation sites is 1. The number of carbonyl (C=O) groups excluding carboxylic acids is 2. The van der Waals surface area contributed by atoms with E-state index in [4.69, 9.17) is 14.2 Å². The summed E-state index contributed by atoms with van der Waals surface area (Å²) in [4.78, 5) is 42.7. The number of ether oxygens (including phenoxy) is 3. The number of hydrogen-bond acceptors (Lipinski definition) is 8. The van der Waals surface area contributed by atoms with Crippen molar-refractivity contribution < 1.29 is 23.8 Å². The molecule has 2 heterocycles. The molecule has 4 aromatic rings. The second kappa shape index (κ2) is 10.8. The third-order valence-corrected chi connectivity index (χ3v) is 6.15. The van der Waals surface area contributed by atoms with Gasteiger partial charge < -0.3 is 14.2 Å². The maximum atomic E-state index is 13.0. The number of fused-ring (bicyclic) bond motifs is 1. The van der Waals surface area contributed by atoms with E-state index in [-0.39, 0.29) is 31.8 Å². The van der Waals surface area contributed by atoms with Gasteiger partial charge in [0.25, 0.3) is 5.56 Å².